The molecule has 29 heavy (non-hydrogen) atoms. The molecule has 148 valence electrons. The maximum absolute atomic E-state index is 12.9. The number of nitrogens with one attached hydrogen (secondary N) is 1. The number of aromatic amines is 1. The van der Waals surface area contributed by atoms with Gasteiger partial charge in [0.05, 0.1) is 18.2 Å². The Bertz CT molecular complexity index is 1220. The molecule has 5 nitrogen and oxygen atoms in total. The third-order valence-corrected chi connectivity index (χ3v) is 5.29. The molecular weight excluding hydrogens is 383 g/mol. The molecule has 1 aliphatic rings. The van der Waals surface area contributed by atoms with Crippen molar-refractivity contribution >= 4 is 10.9 Å². The van der Waals surface area contributed by atoms with E-state index < -0.39 is 11.7 Å². The molecule has 0 amide bonds. The van der Waals surface area contributed by atoms with Crippen LogP contribution in [-0.2, 0) is 19.0 Å². The first kappa shape index (κ1) is 17.8. The average molecular weight is 399 g/mol. The Kier molecular flexibility index (Phi) is 3.90. The number of H-pyrrole nitrogens is 1. The van der Waals surface area contributed by atoms with E-state index in [0.717, 1.165) is 47.9 Å². The molecule has 0 bridgehead atoms. The molecule has 0 saturated carbocycles. The number of halogens is 3. The number of aryl methyl sites for hydroxylation is 2. The van der Waals surface area contributed by atoms with Crippen molar-refractivity contribution < 1.29 is 22.4 Å². The van der Waals surface area contributed by atoms with Crippen molar-refractivity contribution in [1.29, 1.82) is 0 Å². The number of alkyl halides is 3. The highest BCUT2D eigenvalue weighted by Crippen LogP contribution is 2.37. The Balaban J connectivity index is 1.54. The van der Waals surface area contributed by atoms with Gasteiger partial charge in [0.1, 0.15) is 5.75 Å². The Hall–Kier alpha value is -3.29. The molecule has 1 aliphatic carbocycles. The van der Waals surface area contributed by atoms with Crippen molar-refractivity contribution in [2.75, 3.05) is 7.11 Å². The highest BCUT2D eigenvalue weighted by molar-refractivity contribution is 5.89. The summed E-state index contributed by atoms with van der Waals surface area (Å²) in [5.74, 6) is 0.496. The van der Waals surface area contributed by atoms with Gasteiger partial charge >= 0.3 is 6.18 Å². The largest absolute Gasteiger partial charge is 0.496 e. The second-order valence-corrected chi connectivity index (χ2v) is 7.03. The molecule has 2 aromatic heterocycles. The molecule has 1 N–H and O–H groups in total. The predicted molar refractivity (Wildman–Crippen MR) is 101 cm³/mol. The number of nitrogens with zero attached hydrogens (tertiary/aromatic N) is 2. The fourth-order valence-electron chi connectivity index (χ4n) is 3.88. The number of ether oxygens (including phenoxy) is 1. The van der Waals surface area contributed by atoms with Crippen LogP contribution in [0.4, 0.5) is 13.2 Å². The van der Waals surface area contributed by atoms with Gasteiger partial charge in [0.25, 0.3) is 5.89 Å². The minimum Gasteiger partial charge on any atom is -0.496 e. The third-order valence-electron chi connectivity index (χ3n) is 5.29. The summed E-state index contributed by atoms with van der Waals surface area (Å²) < 4.78 is 49.3. The zero-order valence-corrected chi connectivity index (χ0v) is 15.4. The summed E-state index contributed by atoms with van der Waals surface area (Å²) >= 11 is 0. The number of hydrogen-bond donors (Lipinski definition) is 1. The van der Waals surface area contributed by atoms with Crippen LogP contribution >= 0.6 is 0 Å². The van der Waals surface area contributed by atoms with Gasteiger partial charge in [-0.25, -0.2) is 0 Å². The van der Waals surface area contributed by atoms with Gasteiger partial charge in [-0.05, 0) is 61.2 Å². The molecule has 0 spiro atoms. The van der Waals surface area contributed by atoms with E-state index in [1.165, 1.54) is 24.4 Å². The lowest BCUT2D eigenvalue weighted by Gasteiger charge is -2.10. The lowest BCUT2D eigenvalue weighted by Crippen LogP contribution is -2.05. The minimum atomic E-state index is -4.46. The first-order valence-electron chi connectivity index (χ1n) is 9.17. The quantitative estimate of drug-likeness (QED) is 0.501. The maximum atomic E-state index is 12.9. The number of aromatic nitrogens is 3. The molecule has 0 fully saturated rings. The summed E-state index contributed by atoms with van der Waals surface area (Å²) in [4.78, 5) is 7.83. The summed E-state index contributed by atoms with van der Waals surface area (Å²) in [6.45, 7) is 0. The Morgan fingerprint density at radius 3 is 2.76 bits per heavy atom. The van der Waals surface area contributed by atoms with Crippen molar-refractivity contribution in [3.05, 3.63) is 53.2 Å². The number of fused-ring (bicyclic) bond motifs is 3. The summed E-state index contributed by atoms with van der Waals surface area (Å²) in [5, 5.41) is 5.17. The Labute approximate surface area is 163 Å². The first-order chi connectivity index (χ1) is 13.9. The van der Waals surface area contributed by atoms with Crippen molar-refractivity contribution in [2.45, 2.75) is 25.4 Å². The fraction of sp³-hybridized carbons (Fsp3) is 0.238. The molecule has 0 saturated heterocycles. The van der Waals surface area contributed by atoms with Crippen molar-refractivity contribution in [3.63, 3.8) is 0 Å². The second-order valence-electron chi connectivity index (χ2n) is 7.03. The van der Waals surface area contributed by atoms with Crippen LogP contribution in [0.1, 0.15) is 23.2 Å². The summed E-state index contributed by atoms with van der Waals surface area (Å²) in [6, 6.07) is 9.07. The van der Waals surface area contributed by atoms with E-state index in [0.29, 0.717) is 11.4 Å². The average Bonchev–Trinajstić information content (AvgIpc) is 3.42. The lowest BCUT2D eigenvalue weighted by atomic mass is 10.1. The SMILES string of the molecule is COc1cc(C(F)(F)F)ccc1-c1nc(-c2ccc3[nH]c4c(c3c2)CCC4)no1. The standard InChI is InChI=1S/C21H16F3N3O2/c1-28-18-10-12(21(22,23)24)6-7-14(18)20-26-19(27-29-20)11-5-8-17-15(9-11)13-3-2-4-16(13)25-17/h5-10,25H,2-4H2,1H3. The van der Waals surface area contributed by atoms with Crippen LogP contribution in [-0.4, -0.2) is 22.2 Å². The number of rotatable bonds is 3. The first-order valence-corrected chi connectivity index (χ1v) is 9.17. The molecule has 4 aromatic rings. The summed E-state index contributed by atoms with van der Waals surface area (Å²) in [5.41, 5.74) is 3.97. The van der Waals surface area contributed by atoms with Gasteiger partial charge in [-0.3, -0.25) is 0 Å². The van der Waals surface area contributed by atoms with Gasteiger partial charge in [0, 0.05) is 22.2 Å². The van der Waals surface area contributed by atoms with Gasteiger partial charge in [-0.1, -0.05) is 5.16 Å². The van der Waals surface area contributed by atoms with Gasteiger partial charge in [0.15, 0.2) is 0 Å². The van der Waals surface area contributed by atoms with Gasteiger partial charge in [-0.2, -0.15) is 18.2 Å². The summed E-state index contributed by atoms with van der Waals surface area (Å²) in [7, 11) is 1.30. The number of hydrogen-bond acceptors (Lipinski definition) is 4. The summed E-state index contributed by atoms with van der Waals surface area (Å²) in [6.07, 6.45) is -1.22. The van der Waals surface area contributed by atoms with E-state index in [1.807, 2.05) is 18.2 Å². The Morgan fingerprint density at radius 1 is 1.10 bits per heavy atom. The van der Waals surface area contributed by atoms with E-state index in [4.69, 9.17) is 9.26 Å². The van der Waals surface area contributed by atoms with Crippen molar-refractivity contribution in [2.24, 2.45) is 0 Å². The van der Waals surface area contributed by atoms with Crippen LogP contribution in [0, 0.1) is 0 Å². The normalized spacial score (nSPS) is 13.8. The number of benzene rings is 2. The smallest absolute Gasteiger partial charge is 0.416 e. The van der Waals surface area contributed by atoms with Gasteiger partial charge < -0.3 is 14.2 Å². The zero-order chi connectivity index (χ0) is 20.2. The van der Waals surface area contributed by atoms with Crippen LogP contribution in [0.3, 0.4) is 0 Å². The van der Waals surface area contributed by atoms with Crippen LogP contribution in [0.2, 0.25) is 0 Å². The molecule has 8 heteroatoms. The molecule has 2 heterocycles. The highest BCUT2D eigenvalue weighted by atomic mass is 19.4. The Morgan fingerprint density at radius 2 is 1.97 bits per heavy atom. The molecule has 2 aromatic carbocycles. The highest BCUT2D eigenvalue weighted by Gasteiger charge is 2.32. The van der Waals surface area contributed by atoms with E-state index in [1.54, 1.807) is 0 Å². The van der Waals surface area contributed by atoms with E-state index in [9.17, 15) is 13.2 Å². The third kappa shape index (κ3) is 2.95. The van der Waals surface area contributed by atoms with E-state index >= 15 is 0 Å². The van der Waals surface area contributed by atoms with Crippen molar-refractivity contribution in [3.8, 4) is 28.6 Å². The van der Waals surface area contributed by atoms with Crippen LogP contribution in [0.25, 0.3) is 33.7 Å². The number of methoxy groups -OCH3 is 1. The molecule has 0 aliphatic heterocycles. The predicted octanol–water partition coefficient (Wildman–Crippen LogP) is 5.40. The maximum Gasteiger partial charge on any atom is 0.416 e. The van der Waals surface area contributed by atoms with Crippen LogP contribution < -0.4 is 4.74 Å². The molecule has 5 rings (SSSR count). The van der Waals surface area contributed by atoms with Crippen molar-refractivity contribution in [1.82, 2.24) is 15.1 Å². The minimum absolute atomic E-state index is 0.0222. The van der Waals surface area contributed by atoms with Gasteiger partial charge in [-0.15, -0.1) is 0 Å². The van der Waals surface area contributed by atoms with E-state index in [2.05, 4.69) is 15.1 Å². The molecule has 0 unspecified atom stereocenters. The fourth-order valence-corrected chi connectivity index (χ4v) is 3.88. The van der Waals surface area contributed by atoms with Crippen LogP contribution in [0.5, 0.6) is 5.75 Å². The van der Waals surface area contributed by atoms with Crippen LogP contribution in [0.15, 0.2) is 40.9 Å². The van der Waals surface area contributed by atoms with Gasteiger partial charge in [0.2, 0.25) is 5.82 Å². The molecule has 0 radical (unpaired) electrons. The lowest BCUT2D eigenvalue weighted by molar-refractivity contribution is -0.137. The molecular formula is C21H16F3N3O2. The topological polar surface area (TPSA) is 63.9 Å². The second kappa shape index (κ2) is 6.37. The molecule has 0 atom stereocenters. The van der Waals surface area contributed by atoms with E-state index in [-0.39, 0.29) is 11.6 Å². The zero-order valence-electron chi connectivity index (χ0n) is 15.4. The monoisotopic (exact) mass is 399 g/mol.